The van der Waals surface area contributed by atoms with Crippen molar-refractivity contribution in [2.75, 3.05) is 26.2 Å². The fourth-order valence-electron chi connectivity index (χ4n) is 3.05. The van der Waals surface area contributed by atoms with E-state index in [0.717, 1.165) is 39.0 Å². The van der Waals surface area contributed by atoms with Crippen molar-refractivity contribution in [3.63, 3.8) is 0 Å². The van der Waals surface area contributed by atoms with Gasteiger partial charge in [-0.1, -0.05) is 12.1 Å². The third-order valence-electron chi connectivity index (χ3n) is 4.85. The first-order valence-corrected chi connectivity index (χ1v) is 8.52. The van der Waals surface area contributed by atoms with Crippen molar-refractivity contribution in [3.05, 3.63) is 35.1 Å². The minimum absolute atomic E-state index is 0.0940. The van der Waals surface area contributed by atoms with E-state index in [0.29, 0.717) is 18.2 Å². The smallest absolute Gasteiger partial charge is 0.237 e. The number of carbonyl (C=O) groups is 1. The Labute approximate surface area is 142 Å². The molecule has 1 aromatic carbocycles. The second-order valence-corrected chi connectivity index (χ2v) is 6.66. The first kappa shape index (κ1) is 16.9. The average molecular weight is 330 g/mol. The molecule has 2 aliphatic rings. The molecule has 5 nitrogen and oxygen atoms in total. The van der Waals surface area contributed by atoms with Crippen LogP contribution in [0.1, 0.15) is 30.9 Å². The molecule has 1 N–H and O–H groups in total. The van der Waals surface area contributed by atoms with Crippen molar-refractivity contribution in [1.29, 1.82) is 5.26 Å². The van der Waals surface area contributed by atoms with Crippen LogP contribution in [0.2, 0.25) is 0 Å². The van der Waals surface area contributed by atoms with Gasteiger partial charge in [0, 0.05) is 44.3 Å². The summed E-state index contributed by atoms with van der Waals surface area (Å²) in [5, 5.41) is 12.0. The normalized spacial score (nSPS) is 20.4. The maximum Gasteiger partial charge on any atom is 0.237 e. The summed E-state index contributed by atoms with van der Waals surface area (Å²) in [6.07, 6.45) is 2.19. The molecule has 1 saturated carbocycles. The highest BCUT2D eigenvalue weighted by Gasteiger charge is 2.30. The van der Waals surface area contributed by atoms with Crippen molar-refractivity contribution >= 4 is 5.91 Å². The lowest BCUT2D eigenvalue weighted by atomic mass is 10.1. The standard InChI is InChI=1S/C18H23FN4O/c1-13(18(24)21-16-5-6-16)23-9-7-22(8-10-23)12-15-4-2-3-14(11-20)17(15)19/h2-4,13,16H,5-10,12H2,1H3,(H,21,24)/t13-/m0/s1. The summed E-state index contributed by atoms with van der Waals surface area (Å²) >= 11 is 0. The number of piperazine rings is 1. The van der Waals surface area contributed by atoms with Crippen LogP contribution in [-0.2, 0) is 11.3 Å². The highest BCUT2D eigenvalue weighted by molar-refractivity contribution is 5.81. The second kappa shape index (κ2) is 7.29. The number of amides is 1. The van der Waals surface area contributed by atoms with Crippen molar-refractivity contribution in [3.8, 4) is 6.07 Å². The van der Waals surface area contributed by atoms with E-state index >= 15 is 0 Å². The van der Waals surface area contributed by atoms with E-state index < -0.39 is 5.82 Å². The van der Waals surface area contributed by atoms with Crippen molar-refractivity contribution in [2.45, 2.75) is 38.4 Å². The SMILES string of the molecule is C[C@@H](C(=O)NC1CC1)N1CCN(Cc2cccc(C#N)c2F)CC1. The largest absolute Gasteiger partial charge is 0.352 e. The van der Waals surface area contributed by atoms with Gasteiger partial charge in [0.1, 0.15) is 11.9 Å². The van der Waals surface area contributed by atoms with Gasteiger partial charge in [0.2, 0.25) is 5.91 Å². The zero-order valence-electron chi connectivity index (χ0n) is 14.0. The number of nitriles is 1. The molecule has 2 fully saturated rings. The van der Waals surface area contributed by atoms with Crippen LogP contribution in [-0.4, -0.2) is 54.0 Å². The van der Waals surface area contributed by atoms with Crippen LogP contribution in [0.4, 0.5) is 4.39 Å². The lowest BCUT2D eigenvalue weighted by molar-refractivity contribution is -0.126. The van der Waals surface area contributed by atoms with Crippen LogP contribution in [0.3, 0.4) is 0 Å². The summed E-state index contributed by atoms with van der Waals surface area (Å²) in [4.78, 5) is 16.5. The van der Waals surface area contributed by atoms with Crippen LogP contribution in [0.25, 0.3) is 0 Å². The summed E-state index contributed by atoms with van der Waals surface area (Å²) in [6.45, 7) is 5.60. The molecule has 128 valence electrons. The molecule has 3 rings (SSSR count). The first-order valence-electron chi connectivity index (χ1n) is 8.52. The minimum atomic E-state index is -0.417. The predicted octanol–water partition coefficient (Wildman–Crippen LogP) is 1.48. The Morgan fingerprint density at radius 2 is 2.08 bits per heavy atom. The highest BCUT2D eigenvalue weighted by Crippen LogP contribution is 2.20. The van der Waals surface area contributed by atoms with Gasteiger partial charge >= 0.3 is 0 Å². The Morgan fingerprint density at radius 1 is 1.38 bits per heavy atom. The monoisotopic (exact) mass is 330 g/mol. The number of nitrogens with one attached hydrogen (secondary N) is 1. The zero-order chi connectivity index (χ0) is 17.1. The Kier molecular flexibility index (Phi) is 5.12. The van der Waals surface area contributed by atoms with Gasteiger partial charge in [-0.25, -0.2) is 4.39 Å². The zero-order valence-corrected chi connectivity index (χ0v) is 14.0. The van der Waals surface area contributed by atoms with Gasteiger partial charge in [-0.2, -0.15) is 5.26 Å². The molecule has 1 saturated heterocycles. The van der Waals surface area contributed by atoms with Gasteiger partial charge in [-0.3, -0.25) is 14.6 Å². The van der Waals surface area contributed by atoms with Gasteiger partial charge in [0.25, 0.3) is 0 Å². The van der Waals surface area contributed by atoms with E-state index in [1.807, 2.05) is 13.0 Å². The number of benzene rings is 1. The topological polar surface area (TPSA) is 59.4 Å². The fraction of sp³-hybridized carbons (Fsp3) is 0.556. The lowest BCUT2D eigenvalue weighted by Crippen LogP contribution is -2.53. The molecule has 1 aromatic rings. The number of hydrogen-bond acceptors (Lipinski definition) is 4. The van der Waals surface area contributed by atoms with Gasteiger partial charge in [-0.15, -0.1) is 0 Å². The van der Waals surface area contributed by atoms with E-state index in [-0.39, 0.29) is 17.5 Å². The van der Waals surface area contributed by atoms with Gasteiger partial charge < -0.3 is 5.32 Å². The Balaban J connectivity index is 1.52. The third kappa shape index (κ3) is 3.92. The number of nitrogens with zero attached hydrogens (tertiary/aromatic N) is 3. The number of rotatable bonds is 5. The number of halogens is 1. The van der Waals surface area contributed by atoms with E-state index in [1.54, 1.807) is 12.1 Å². The molecule has 1 aliphatic carbocycles. The van der Waals surface area contributed by atoms with Gasteiger partial charge in [-0.05, 0) is 25.8 Å². The van der Waals surface area contributed by atoms with E-state index in [4.69, 9.17) is 5.26 Å². The number of hydrogen-bond donors (Lipinski definition) is 1. The molecule has 0 radical (unpaired) electrons. The van der Waals surface area contributed by atoms with E-state index in [1.165, 1.54) is 6.07 Å². The van der Waals surface area contributed by atoms with Crippen LogP contribution >= 0.6 is 0 Å². The molecule has 1 atom stereocenters. The second-order valence-electron chi connectivity index (χ2n) is 6.66. The first-order chi connectivity index (χ1) is 11.6. The molecular weight excluding hydrogens is 307 g/mol. The molecule has 0 aromatic heterocycles. The van der Waals surface area contributed by atoms with Crippen molar-refractivity contribution in [2.24, 2.45) is 0 Å². The molecule has 1 aliphatic heterocycles. The molecule has 24 heavy (non-hydrogen) atoms. The molecule has 6 heteroatoms. The minimum Gasteiger partial charge on any atom is -0.352 e. The molecule has 1 amide bonds. The van der Waals surface area contributed by atoms with Crippen molar-refractivity contribution in [1.82, 2.24) is 15.1 Å². The predicted molar refractivity (Wildman–Crippen MR) is 88.6 cm³/mol. The Bertz CT molecular complexity index is 645. The van der Waals surface area contributed by atoms with Crippen LogP contribution in [0.15, 0.2) is 18.2 Å². The number of carbonyl (C=O) groups excluding carboxylic acids is 1. The van der Waals surface area contributed by atoms with Crippen LogP contribution in [0, 0.1) is 17.1 Å². The molecule has 0 bridgehead atoms. The van der Waals surface area contributed by atoms with E-state index in [9.17, 15) is 9.18 Å². The third-order valence-corrected chi connectivity index (χ3v) is 4.85. The van der Waals surface area contributed by atoms with E-state index in [2.05, 4.69) is 15.1 Å². The fourth-order valence-corrected chi connectivity index (χ4v) is 3.05. The highest BCUT2D eigenvalue weighted by atomic mass is 19.1. The summed E-state index contributed by atoms with van der Waals surface area (Å²) in [5.41, 5.74) is 0.651. The molecular formula is C18H23FN4O. The van der Waals surface area contributed by atoms with Gasteiger partial charge in [0.15, 0.2) is 0 Å². The summed E-state index contributed by atoms with van der Waals surface area (Å²) < 4.78 is 14.2. The molecule has 1 heterocycles. The summed E-state index contributed by atoms with van der Waals surface area (Å²) in [6, 6.07) is 7.10. The molecule has 0 unspecified atom stereocenters. The summed E-state index contributed by atoms with van der Waals surface area (Å²) in [7, 11) is 0. The van der Waals surface area contributed by atoms with Crippen molar-refractivity contribution < 1.29 is 9.18 Å². The van der Waals surface area contributed by atoms with Crippen LogP contribution < -0.4 is 5.32 Å². The quantitative estimate of drug-likeness (QED) is 0.888. The Morgan fingerprint density at radius 3 is 2.71 bits per heavy atom. The van der Waals surface area contributed by atoms with Gasteiger partial charge in [0.05, 0.1) is 11.6 Å². The molecule has 0 spiro atoms. The van der Waals surface area contributed by atoms with Crippen LogP contribution in [0.5, 0.6) is 0 Å². The average Bonchev–Trinajstić information content (AvgIpc) is 3.41. The summed E-state index contributed by atoms with van der Waals surface area (Å²) in [5.74, 6) is -0.307. The maximum absolute atomic E-state index is 14.2. The lowest BCUT2D eigenvalue weighted by Gasteiger charge is -2.37. The maximum atomic E-state index is 14.2. The Hall–Kier alpha value is -1.97.